The molecule has 0 aliphatic carbocycles. The van der Waals surface area contributed by atoms with E-state index in [4.69, 9.17) is 10.5 Å². The van der Waals surface area contributed by atoms with Crippen LogP contribution in [-0.2, 0) is 6.42 Å². The van der Waals surface area contributed by atoms with Gasteiger partial charge in [-0.05, 0) is 51.6 Å². The third-order valence-corrected chi connectivity index (χ3v) is 3.69. The number of aryl methyl sites for hydroxylation is 1. The number of hydrogen-bond acceptors (Lipinski definition) is 4. The van der Waals surface area contributed by atoms with Gasteiger partial charge in [0.1, 0.15) is 5.75 Å². The highest BCUT2D eigenvalue weighted by atomic mass is 16.5. The first-order valence-corrected chi connectivity index (χ1v) is 7.22. The van der Waals surface area contributed by atoms with Crippen LogP contribution < -0.4 is 15.8 Å². The smallest absolute Gasteiger partial charge is 0.118 e. The Kier molecular flexibility index (Phi) is 6.99. The number of nitrogens with two attached hydrogens (primary N) is 1. The predicted octanol–water partition coefficient (Wildman–Crippen LogP) is 1.50. The summed E-state index contributed by atoms with van der Waals surface area (Å²) < 4.78 is 5.17. The molecule has 0 radical (unpaired) electrons. The Labute approximate surface area is 123 Å². The molecule has 1 aromatic rings. The molecular weight excluding hydrogens is 250 g/mol. The lowest BCUT2D eigenvalue weighted by atomic mass is 9.93. The average Bonchev–Trinajstić information content (AvgIpc) is 2.45. The maximum atomic E-state index is 5.94. The van der Waals surface area contributed by atoms with E-state index < -0.39 is 0 Å². The molecule has 0 aliphatic heterocycles. The fourth-order valence-corrected chi connectivity index (χ4v) is 2.06. The van der Waals surface area contributed by atoms with Crippen LogP contribution in [0.15, 0.2) is 24.3 Å². The van der Waals surface area contributed by atoms with Gasteiger partial charge in [0.15, 0.2) is 0 Å². The molecule has 0 aromatic heterocycles. The van der Waals surface area contributed by atoms with Crippen molar-refractivity contribution in [2.45, 2.75) is 25.3 Å². The standard InChI is InChI=1S/C16H29N3O/c1-16(13-17,18-11-12-19(2)3)10-9-14-5-7-15(20-4)8-6-14/h5-8,18H,9-13,17H2,1-4H3. The van der Waals surface area contributed by atoms with Gasteiger partial charge in [-0.3, -0.25) is 0 Å². The molecule has 0 bridgehead atoms. The maximum absolute atomic E-state index is 5.94. The van der Waals surface area contributed by atoms with Crippen LogP contribution in [0.2, 0.25) is 0 Å². The minimum Gasteiger partial charge on any atom is -0.497 e. The summed E-state index contributed by atoms with van der Waals surface area (Å²) >= 11 is 0. The monoisotopic (exact) mass is 279 g/mol. The van der Waals surface area contributed by atoms with Crippen LogP contribution in [0.25, 0.3) is 0 Å². The largest absolute Gasteiger partial charge is 0.497 e. The molecule has 3 N–H and O–H groups in total. The summed E-state index contributed by atoms with van der Waals surface area (Å²) in [4.78, 5) is 2.17. The lowest BCUT2D eigenvalue weighted by Gasteiger charge is -2.30. The number of nitrogens with zero attached hydrogens (tertiary/aromatic N) is 1. The number of ether oxygens (including phenoxy) is 1. The fourth-order valence-electron chi connectivity index (χ4n) is 2.06. The van der Waals surface area contributed by atoms with Gasteiger partial charge in [-0.2, -0.15) is 0 Å². The lowest BCUT2D eigenvalue weighted by molar-refractivity contribution is 0.310. The molecule has 1 atom stereocenters. The maximum Gasteiger partial charge on any atom is 0.118 e. The van der Waals surface area contributed by atoms with Gasteiger partial charge < -0.3 is 20.7 Å². The number of benzene rings is 1. The zero-order valence-electron chi connectivity index (χ0n) is 13.3. The van der Waals surface area contributed by atoms with E-state index in [2.05, 4.69) is 43.4 Å². The molecular formula is C16H29N3O. The molecule has 0 saturated heterocycles. The number of nitrogens with one attached hydrogen (secondary N) is 1. The molecule has 0 heterocycles. The Hall–Kier alpha value is -1.10. The van der Waals surface area contributed by atoms with Gasteiger partial charge in [-0.15, -0.1) is 0 Å². The summed E-state index contributed by atoms with van der Waals surface area (Å²) in [6.07, 6.45) is 2.05. The summed E-state index contributed by atoms with van der Waals surface area (Å²) in [6.45, 7) is 4.84. The van der Waals surface area contributed by atoms with Gasteiger partial charge in [0.05, 0.1) is 7.11 Å². The molecule has 0 aliphatic rings. The second-order valence-corrected chi connectivity index (χ2v) is 5.84. The van der Waals surface area contributed by atoms with Gasteiger partial charge in [-0.25, -0.2) is 0 Å². The Balaban J connectivity index is 2.45. The Morgan fingerprint density at radius 2 is 1.90 bits per heavy atom. The zero-order chi connectivity index (χ0) is 15.0. The van der Waals surface area contributed by atoms with Gasteiger partial charge in [0.2, 0.25) is 0 Å². The minimum absolute atomic E-state index is 0.00403. The molecule has 1 aromatic carbocycles. The number of hydrogen-bond donors (Lipinski definition) is 2. The van der Waals surface area contributed by atoms with Crippen LogP contribution >= 0.6 is 0 Å². The van der Waals surface area contributed by atoms with Gasteiger partial charge in [0.25, 0.3) is 0 Å². The molecule has 1 unspecified atom stereocenters. The van der Waals surface area contributed by atoms with E-state index in [1.165, 1.54) is 5.56 Å². The summed E-state index contributed by atoms with van der Waals surface area (Å²) in [5.74, 6) is 0.902. The van der Waals surface area contributed by atoms with Crippen molar-refractivity contribution < 1.29 is 4.74 Å². The highest BCUT2D eigenvalue weighted by Gasteiger charge is 2.21. The fraction of sp³-hybridized carbons (Fsp3) is 0.625. The highest BCUT2D eigenvalue weighted by molar-refractivity contribution is 5.27. The van der Waals surface area contributed by atoms with Crippen molar-refractivity contribution in [3.8, 4) is 5.75 Å². The summed E-state index contributed by atoms with van der Waals surface area (Å²) in [7, 11) is 5.85. The lowest BCUT2D eigenvalue weighted by Crippen LogP contribution is -2.50. The zero-order valence-corrected chi connectivity index (χ0v) is 13.3. The first-order chi connectivity index (χ1) is 9.49. The van der Waals surface area contributed by atoms with Crippen LogP contribution in [0.4, 0.5) is 0 Å². The van der Waals surface area contributed by atoms with Crippen molar-refractivity contribution in [2.75, 3.05) is 40.8 Å². The molecule has 4 nitrogen and oxygen atoms in total. The van der Waals surface area contributed by atoms with Crippen LogP contribution in [0.1, 0.15) is 18.9 Å². The van der Waals surface area contributed by atoms with E-state index in [9.17, 15) is 0 Å². The van der Waals surface area contributed by atoms with E-state index >= 15 is 0 Å². The van der Waals surface area contributed by atoms with Crippen molar-refractivity contribution in [3.63, 3.8) is 0 Å². The molecule has 1 rings (SSSR count). The van der Waals surface area contributed by atoms with Gasteiger partial charge >= 0.3 is 0 Å². The van der Waals surface area contributed by atoms with Crippen molar-refractivity contribution in [2.24, 2.45) is 5.73 Å². The average molecular weight is 279 g/mol. The minimum atomic E-state index is -0.00403. The molecule has 114 valence electrons. The van der Waals surface area contributed by atoms with E-state index in [1.54, 1.807) is 7.11 Å². The predicted molar refractivity (Wildman–Crippen MR) is 85.3 cm³/mol. The van der Waals surface area contributed by atoms with Crippen molar-refractivity contribution >= 4 is 0 Å². The molecule has 4 heteroatoms. The number of methoxy groups -OCH3 is 1. The topological polar surface area (TPSA) is 50.5 Å². The molecule has 0 fully saturated rings. The Bertz CT molecular complexity index is 378. The quantitative estimate of drug-likeness (QED) is 0.719. The molecule has 0 amide bonds. The number of likely N-dealkylation sites (N-methyl/N-ethyl adjacent to an activating group) is 1. The van der Waals surface area contributed by atoms with Crippen LogP contribution in [-0.4, -0.2) is 51.3 Å². The SMILES string of the molecule is COc1ccc(CCC(C)(CN)NCCN(C)C)cc1. The third-order valence-electron chi connectivity index (χ3n) is 3.69. The van der Waals surface area contributed by atoms with E-state index in [0.717, 1.165) is 31.7 Å². The third kappa shape index (κ3) is 5.90. The van der Waals surface area contributed by atoms with E-state index in [1.807, 2.05) is 12.1 Å². The van der Waals surface area contributed by atoms with Crippen molar-refractivity contribution in [1.82, 2.24) is 10.2 Å². The highest BCUT2D eigenvalue weighted by Crippen LogP contribution is 2.16. The second-order valence-electron chi connectivity index (χ2n) is 5.84. The Morgan fingerprint density at radius 3 is 2.40 bits per heavy atom. The summed E-state index contributed by atoms with van der Waals surface area (Å²) in [5.41, 5.74) is 7.25. The summed E-state index contributed by atoms with van der Waals surface area (Å²) in [5, 5.41) is 3.58. The Morgan fingerprint density at radius 1 is 1.25 bits per heavy atom. The number of rotatable bonds is 9. The molecule has 20 heavy (non-hydrogen) atoms. The normalized spacial score (nSPS) is 14.3. The van der Waals surface area contributed by atoms with E-state index in [0.29, 0.717) is 6.54 Å². The van der Waals surface area contributed by atoms with Crippen LogP contribution in [0.3, 0.4) is 0 Å². The van der Waals surface area contributed by atoms with Crippen molar-refractivity contribution in [1.29, 1.82) is 0 Å². The first kappa shape index (κ1) is 17.0. The molecule has 0 saturated carbocycles. The van der Waals surface area contributed by atoms with Gasteiger partial charge in [0, 0.05) is 25.2 Å². The summed E-state index contributed by atoms with van der Waals surface area (Å²) in [6, 6.07) is 8.26. The van der Waals surface area contributed by atoms with Crippen molar-refractivity contribution in [3.05, 3.63) is 29.8 Å². The molecule has 0 spiro atoms. The second kappa shape index (κ2) is 8.25. The van der Waals surface area contributed by atoms with E-state index in [-0.39, 0.29) is 5.54 Å². The van der Waals surface area contributed by atoms with Crippen LogP contribution in [0.5, 0.6) is 5.75 Å². The first-order valence-electron chi connectivity index (χ1n) is 7.22. The van der Waals surface area contributed by atoms with Gasteiger partial charge in [-0.1, -0.05) is 12.1 Å². The van der Waals surface area contributed by atoms with Crippen LogP contribution in [0, 0.1) is 0 Å².